The molecule has 0 radical (unpaired) electrons. The molecule has 0 atom stereocenters. The van der Waals surface area contributed by atoms with Gasteiger partial charge in [-0.05, 0) is 37.3 Å². The Morgan fingerprint density at radius 1 is 1.00 bits per heavy atom. The number of para-hydroxylation sites is 1. The lowest BCUT2D eigenvalue weighted by Crippen LogP contribution is -2.11. The summed E-state index contributed by atoms with van der Waals surface area (Å²) < 4.78 is 44.1. The van der Waals surface area contributed by atoms with Crippen molar-refractivity contribution in [1.82, 2.24) is 0 Å². The summed E-state index contributed by atoms with van der Waals surface area (Å²) in [5.41, 5.74) is -1.35. The van der Waals surface area contributed by atoms with Crippen LogP contribution < -0.4 is 4.74 Å². The van der Waals surface area contributed by atoms with Gasteiger partial charge < -0.3 is 4.74 Å². The first-order chi connectivity index (χ1) is 9.38. The van der Waals surface area contributed by atoms with Crippen molar-refractivity contribution >= 4 is 5.78 Å². The van der Waals surface area contributed by atoms with Gasteiger partial charge in [0.2, 0.25) is 0 Å². The van der Waals surface area contributed by atoms with Gasteiger partial charge in [0.1, 0.15) is 11.5 Å². The van der Waals surface area contributed by atoms with E-state index in [0.717, 1.165) is 19.1 Å². The third-order valence-electron chi connectivity index (χ3n) is 2.65. The second kappa shape index (κ2) is 5.36. The molecular formula is C15H11F3O2. The third-order valence-corrected chi connectivity index (χ3v) is 2.65. The first kappa shape index (κ1) is 14.1. The normalized spacial score (nSPS) is 11.2. The number of rotatable bonds is 3. The van der Waals surface area contributed by atoms with Crippen LogP contribution in [-0.2, 0) is 6.18 Å². The van der Waals surface area contributed by atoms with E-state index >= 15 is 0 Å². The maximum Gasteiger partial charge on any atom is 0.417 e. The Labute approximate surface area is 113 Å². The Morgan fingerprint density at radius 2 is 1.65 bits per heavy atom. The van der Waals surface area contributed by atoms with Crippen molar-refractivity contribution < 1.29 is 22.7 Å². The number of alkyl halides is 3. The summed E-state index contributed by atoms with van der Waals surface area (Å²) in [6, 6.07) is 11.8. The van der Waals surface area contributed by atoms with E-state index in [9.17, 15) is 18.0 Å². The van der Waals surface area contributed by atoms with E-state index in [1.807, 2.05) is 0 Å². The summed E-state index contributed by atoms with van der Waals surface area (Å²) in [5.74, 6) is -0.173. The Morgan fingerprint density at radius 3 is 2.20 bits per heavy atom. The average molecular weight is 280 g/mol. The predicted molar refractivity (Wildman–Crippen MR) is 68.0 cm³/mol. The van der Waals surface area contributed by atoms with Crippen LogP contribution in [0.25, 0.3) is 0 Å². The Kier molecular flexibility index (Phi) is 3.79. The largest absolute Gasteiger partial charge is 0.457 e. The number of hydrogen-bond donors (Lipinski definition) is 0. The Hall–Kier alpha value is -2.30. The lowest BCUT2D eigenvalue weighted by atomic mass is 10.0. The fourth-order valence-electron chi connectivity index (χ4n) is 1.75. The number of carbonyl (C=O) groups is 1. The minimum atomic E-state index is -4.60. The monoisotopic (exact) mass is 280 g/mol. The smallest absolute Gasteiger partial charge is 0.417 e. The molecule has 0 amide bonds. The lowest BCUT2D eigenvalue weighted by molar-refractivity contribution is -0.138. The molecule has 2 rings (SSSR count). The molecule has 2 aromatic rings. The lowest BCUT2D eigenvalue weighted by Gasteiger charge is -2.13. The van der Waals surface area contributed by atoms with Gasteiger partial charge in [0.05, 0.1) is 5.56 Å². The van der Waals surface area contributed by atoms with E-state index in [1.54, 1.807) is 30.3 Å². The van der Waals surface area contributed by atoms with Crippen LogP contribution in [0.1, 0.15) is 22.8 Å². The zero-order valence-electron chi connectivity index (χ0n) is 10.6. The zero-order chi connectivity index (χ0) is 14.8. The standard InChI is InChI=1S/C15H11F3O2/c1-10(19)13-8-7-12(9-14(13)15(16,17)18)20-11-5-3-2-4-6-11/h2-9H,1H3. The zero-order valence-corrected chi connectivity index (χ0v) is 10.6. The van der Waals surface area contributed by atoms with E-state index in [4.69, 9.17) is 4.74 Å². The molecule has 0 aromatic heterocycles. The Balaban J connectivity index is 2.40. The molecule has 20 heavy (non-hydrogen) atoms. The van der Waals surface area contributed by atoms with Crippen molar-refractivity contribution in [3.8, 4) is 11.5 Å². The first-order valence-electron chi connectivity index (χ1n) is 5.83. The Bertz CT molecular complexity index is 619. The molecule has 0 spiro atoms. The van der Waals surface area contributed by atoms with Crippen molar-refractivity contribution in [3.63, 3.8) is 0 Å². The molecule has 0 N–H and O–H groups in total. The molecule has 104 valence electrons. The number of Topliss-reactive ketones (excluding diaryl/α,β-unsaturated/α-hetero) is 1. The van der Waals surface area contributed by atoms with E-state index in [1.165, 1.54) is 6.07 Å². The molecule has 0 bridgehead atoms. The second-order valence-corrected chi connectivity index (χ2v) is 4.18. The highest BCUT2D eigenvalue weighted by molar-refractivity contribution is 5.95. The maximum atomic E-state index is 12.9. The van der Waals surface area contributed by atoms with Gasteiger partial charge in [0.15, 0.2) is 5.78 Å². The highest BCUT2D eigenvalue weighted by Crippen LogP contribution is 2.35. The van der Waals surface area contributed by atoms with Gasteiger partial charge in [-0.1, -0.05) is 18.2 Å². The van der Waals surface area contributed by atoms with Gasteiger partial charge in [0, 0.05) is 5.56 Å². The summed E-state index contributed by atoms with van der Waals surface area (Å²) >= 11 is 0. The van der Waals surface area contributed by atoms with Crippen LogP contribution in [-0.4, -0.2) is 5.78 Å². The van der Waals surface area contributed by atoms with Gasteiger partial charge in [-0.15, -0.1) is 0 Å². The molecule has 2 aromatic carbocycles. The highest BCUT2D eigenvalue weighted by atomic mass is 19.4. The van der Waals surface area contributed by atoms with Crippen LogP contribution in [0, 0.1) is 0 Å². The summed E-state index contributed by atoms with van der Waals surface area (Å²) in [6.45, 7) is 1.10. The fourth-order valence-corrected chi connectivity index (χ4v) is 1.75. The van der Waals surface area contributed by atoms with Crippen LogP contribution in [0.2, 0.25) is 0 Å². The summed E-state index contributed by atoms with van der Waals surface area (Å²) in [7, 11) is 0. The number of hydrogen-bond acceptors (Lipinski definition) is 2. The second-order valence-electron chi connectivity index (χ2n) is 4.18. The molecule has 0 saturated heterocycles. The van der Waals surface area contributed by atoms with Gasteiger partial charge in [-0.2, -0.15) is 13.2 Å². The van der Waals surface area contributed by atoms with E-state index in [0.29, 0.717) is 5.75 Å². The van der Waals surface area contributed by atoms with Gasteiger partial charge >= 0.3 is 6.18 Å². The van der Waals surface area contributed by atoms with Crippen LogP contribution in [0.3, 0.4) is 0 Å². The molecule has 0 aliphatic carbocycles. The SMILES string of the molecule is CC(=O)c1ccc(Oc2ccccc2)cc1C(F)(F)F. The van der Waals surface area contributed by atoms with Crippen molar-refractivity contribution in [2.24, 2.45) is 0 Å². The van der Waals surface area contributed by atoms with Gasteiger partial charge in [0.25, 0.3) is 0 Å². The van der Waals surface area contributed by atoms with Crippen LogP contribution in [0.5, 0.6) is 11.5 Å². The molecule has 0 aliphatic rings. The minimum Gasteiger partial charge on any atom is -0.457 e. The van der Waals surface area contributed by atoms with E-state index in [2.05, 4.69) is 0 Å². The number of halogens is 3. The van der Waals surface area contributed by atoms with E-state index < -0.39 is 17.5 Å². The minimum absolute atomic E-state index is 0.0357. The number of carbonyl (C=O) groups excluding carboxylic acids is 1. The molecule has 0 saturated carbocycles. The van der Waals surface area contributed by atoms with Crippen LogP contribution >= 0.6 is 0 Å². The van der Waals surface area contributed by atoms with Crippen LogP contribution in [0.15, 0.2) is 48.5 Å². The topological polar surface area (TPSA) is 26.3 Å². The molecule has 0 fully saturated rings. The van der Waals surface area contributed by atoms with E-state index in [-0.39, 0.29) is 11.3 Å². The average Bonchev–Trinajstić information content (AvgIpc) is 2.38. The molecular weight excluding hydrogens is 269 g/mol. The molecule has 2 nitrogen and oxygen atoms in total. The van der Waals surface area contributed by atoms with Crippen LogP contribution in [0.4, 0.5) is 13.2 Å². The maximum absolute atomic E-state index is 12.9. The number of ether oxygens (including phenoxy) is 1. The van der Waals surface area contributed by atoms with Crippen molar-refractivity contribution in [2.75, 3.05) is 0 Å². The quantitative estimate of drug-likeness (QED) is 0.762. The molecule has 0 aliphatic heterocycles. The highest BCUT2D eigenvalue weighted by Gasteiger charge is 2.35. The third kappa shape index (κ3) is 3.17. The fraction of sp³-hybridized carbons (Fsp3) is 0.133. The molecule has 0 heterocycles. The van der Waals surface area contributed by atoms with Crippen molar-refractivity contribution in [1.29, 1.82) is 0 Å². The van der Waals surface area contributed by atoms with Gasteiger partial charge in [-0.25, -0.2) is 0 Å². The molecule has 0 unspecified atom stereocenters. The summed E-state index contributed by atoms with van der Waals surface area (Å²) in [5, 5.41) is 0. The number of ketones is 1. The number of benzene rings is 2. The summed E-state index contributed by atoms with van der Waals surface area (Å²) in [4.78, 5) is 11.2. The first-order valence-corrected chi connectivity index (χ1v) is 5.83. The predicted octanol–water partition coefficient (Wildman–Crippen LogP) is 4.70. The van der Waals surface area contributed by atoms with Gasteiger partial charge in [-0.3, -0.25) is 4.79 Å². The summed E-state index contributed by atoms with van der Waals surface area (Å²) in [6.07, 6.45) is -4.60. The van der Waals surface area contributed by atoms with Crippen molar-refractivity contribution in [2.45, 2.75) is 13.1 Å². The van der Waals surface area contributed by atoms with Crippen molar-refractivity contribution in [3.05, 3.63) is 59.7 Å². The molecule has 5 heteroatoms.